The van der Waals surface area contributed by atoms with Gasteiger partial charge in [0.1, 0.15) is 5.76 Å². The molecule has 0 aromatic carbocycles. The lowest BCUT2D eigenvalue weighted by Crippen LogP contribution is -2.38. The second-order valence-electron chi connectivity index (χ2n) is 5.41. The van der Waals surface area contributed by atoms with Crippen LogP contribution in [0.1, 0.15) is 19.8 Å². The van der Waals surface area contributed by atoms with Crippen molar-refractivity contribution in [1.82, 2.24) is 5.32 Å². The number of hydrogen-bond donors (Lipinski definition) is 1. The fourth-order valence-electron chi connectivity index (χ4n) is 2.89. The molecule has 2 nitrogen and oxygen atoms in total. The van der Waals surface area contributed by atoms with Crippen LogP contribution in [0, 0.1) is 5.41 Å². The molecule has 17 heavy (non-hydrogen) atoms. The zero-order valence-electron chi connectivity index (χ0n) is 10.1. The van der Waals surface area contributed by atoms with E-state index in [2.05, 4.69) is 52.5 Å². The van der Waals surface area contributed by atoms with Crippen LogP contribution < -0.4 is 5.32 Å². The Bertz CT molecular complexity index is 414. The van der Waals surface area contributed by atoms with Crippen molar-refractivity contribution in [3.63, 3.8) is 0 Å². The van der Waals surface area contributed by atoms with Crippen LogP contribution in [-0.4, -0.2) is 24.0 Å². The molecule has 2 heterocycles. The highest BCUT2D eigenvalue weighted by atomic mass is 79.9. The highest BCUT2D eigenvalue weighted by Crippen LogP contribution is 2.46. The van der Waals surface area contributed by atoms with Gasteiger partial charge in [-0.15, -0.1) is 0 Å². The molecule has 3 heteroatoms. The van der Waals surface area contributed by atoms with Crippen molar-refractivity contribution in [1.29, 1.82) is 0 Å². The minimum Gasteiger partial charge on any atom is -0.492 e. The van der Waals surface area contributed by atoms with Crippen molar-refractivity contribution in [2.45, 2.75) is 24.1 Å². The maximum absolute atomic E-state index is 5.92. The van der Waals surface area contributed by atoms with Crippen LogP contribution in [-0.2, 0) is 4.74 Å². The third-order valence-electron chi connectivity index (χ3n) is 4.04. The van der Waals surface area contributed by atoms with E-state index >= 15 is 0 Å². The van der Waals surface area contributed by atoms with Gasteiger partial charge in [0.2, 0.25) is 0 Å². The molecule has 92 valence electrons. The van der Waals surface area contributed by atoms with Gasteiger partial charge < -0.3 is 10.1 Å². The minimum absolute atomic E-state index is 0.0468. The lowest BCUT2D eigenvalue weighted by molar-refractivity contribution is 0.141. The molecule has 0 aromatic heterocycles. The SMILES string of the molecule is C[C@@]1(Br)C=CC2=C(C=C1)C1(CCNCC1)CO2. The first kappa shape index (κ1) is 11.5. The number of hydrogen-bond acceptors (Lipinski definition) is 2. The van der Waals surface area contributed by atoms with Gasteiger partial charge in [-0.2, -0.15) is 0 Å². The molecule has 3 aliphatic rings. The third kappa shape index (κ3) is 2.00. The highest BCUT2D eigenvalue weighted by Gasteiger charge is 2.42. The summed E-state index contributed by atoms with van der Waals surface area (Å²) in [6, 6.07) is 0. The van der Waals surface area contributed by atoms with E-state index in [0.29, 0.717) is 0 Å². The Labute approximate surface area is 111 Å². The summed E-state index contributed by atoms with van der Waals surface area (Å²) in [6.07, 6.45) is 11.1. The van der Waals surface area contributed by atoms with Crippen LogP contribution in [0.5, 0.6) is 0 Å². The predicted octanol–water partition coefficient (Wildman–Crippen LogP) is 2.92. The second kappa shape index (κ2) is 3.99. The maximum Gasteiger partial charge on any atom is 0.122 e. The van der Waals surface area contributed by atoms with E-state index in [1.807, 2.05) is 0 Å². The minimum atomic E-state index is -0.0468. The zero-order valence-corrected chi connectivity index (χ0v) is 11.7. The molecule has 1 saturated heterocycles. The van der Waals surface area contributed by atoms with Gasteiger partial charge in [-0.05, 0) is 38.9 Å². The number of alkyl halides is 1. The Morgan fingerprint density at radius 2 is 1.94 bits per heavy atom. The smallest absolute Gasteiger partial charge is 0.122 e. The lowest BCUT2D eigenvalue weighted by atomic mass is 9.74. The summed E-state index contributed by atoms with van der Waals surface area (Å²) >= 11 is 3.69. The largest absolute Gasteiger partial charge is 0.492 e. The van der Waals surface area contributed by atoms with Gasteiger partial charge in [-0.25, -0.2) is 0 Å². The van der Waals surface area contributed by atoms with E-state index in [1.165, 1.54) is 18.4 Å². The van der Waals surface area contributed by atoms with E-state index in [0.717, 1.165) is 25.5 Å². The monoisotopic (exact) mass is 295 g/mol. The number of nitrogens with one attached hydrogen (secondary N) is 1. The Morgan fingerprint density at radius 1 is 1.24 bits per heavy atom. The van der Waals surface area contributed by atoms with Gasteiger partial charge >= 0.3 is 0 Å². The molecule has 0 amide bonds. The molecule has 1 fully saturated rings. The third-order valence-corrected chi connectivity index (χ3v) is 4.57. The average molecular weight is 296 g/mol. The molecular formula is C14H18BrNO. The first-order valence-corrected chi connectivity index (χ1v) is 7.06. The zero-order chi connectivity index (χ0) is 11.9. The lowest BCUT2D eigenvalue weighted by Gasteiger charge is -2.33. The molecule has 1 N–H and O–H groups in total. The van der Waals surface area contributed by atoms with Gasteiger partial charge in [0.05, 0.1) is 10.9 Å². The van der Waals surface area contributed by atoms with Crippen molar-refractivity contribution in [3.05, 3.63) is 35.6 Å². The van der Waals surface area contributed by atoms with Crippen molar-refractivity contribution in [3.8, 4) is 0 Å². The molecule has 0 unspecified atom stereocenters. The highest BCUT2D eigenvalue weighted by molar-refractivity contribution is 9.10. The van der Waals surface area contributed by atoms with Gasteiger partial charge in [0, 0.05) is 11.0 Å². The average Bonchev–Trinajstić information content (AvgIpc) is 2.54. The van der Waals surface area contributed by atoms with Crippen LogP contribution in [0.15, 0.2) is 35.6 Å². The van der Waals surface area contributed by atoms with Crippen LogP contribution in [0.2, 0.25) is 0 Å². The van der Waals surface area contributed by atoms with Gasteiger partial charge in [-0.3, -0.25) is 0 Å². The number of fused-ring (bicyclic) bond motifs is 1. The molecule has 0 bridgehead atoms. The van der Waals surface area contributed by atoms with Crippen LogP contribution in [0.4, 0.5) is 0 Å². The van der Waals surface area contributed by atoms with Gasteiger partial charge in [-0.1, -0.05) is 34.2 Å². The van der Waals surface area contributed by atoms with Gasteiger partial charge in [0.25, 0.3) is 0 Å². The molecular weight excluding hydrogens is 278 g/mol. The summed E-state index contributed by atoms with van der Waals surface area (Å²) in [7, 11) is 0. The summed E-state index contributed by atoms with van der Waals surface area (Å²) in [6.45, 7) is 5.21. The Kier molecular flexibility index (Phi) is 2.71. The van der Waals surface area contributed by atoms with Crippen LogP contribution >= 0.6 is 15.9 Å². The number of ether oxygens (including phenoxy) is 1. The predicted molar refractivity (Wildman–Crippen MR) is 73.1 cm³/mol. The Hall–Kier alpha value is -0.540. The fourth-order valence-corrected chi connectivity index (χ4v) is 3.15. The van der Waals surface area contributed by atoms with Crippen molar-refractivity contribution < 1.29 is 4.74 Å². The number of allylic oxidation sites excluding steroid dienone is 4. The summed E-state index contributed by atoms with van der Waals surface area (Å²) in [5.74, 6) is 1.08. The summed E-state index contributed by atoms with van der Waals surface area (Å²) in [5.41, 5.74) is 1.66. The Morgan fingerprint density at radius 3 is 2.71 bits per heavy atom. The van der Waals surface area contributed by atoms with Crippen LogP contribution in [0.25, 0.3) is 0 Å². The van der Waals surface area contributed by atoms with E-state index < -0.39 is 0 Å². The fraction of sp³-hybridized carbons (Fsp3) is 0.571. The van der Waals surface area contributed by atoms with E-state index in [1.54, 1.807) is 0 Å². The van der Waals surface area contributed by atoms with Crippen molar-refractivity contribution >= 4 is 15.9 Å². The van der Waals surface area contributed by atoms with Crippen molar-refractivity contribution in [2.24, 2.45) is 5.41 Å². The molecule has 0 radical (unpaired) electrons. The molecule has 1 spiro atoms. The molecule has 0 aromatic rings. The van der Waals surface area contributed by atoms with E-state index in [-0.39, 0.29) is 9.74 Å². The summed E-state index contributed by atoms with van der Waals surface area (Å²) in [4.78, 5) is 0. The number of rotatable bonds is 0. The first-order valence-electron chi connectivity index (χ1n) is 6.27. The molecule has 2 aliphatic heterocycles. The summed E-state index contributed by atoms with van der Waals surface area (Å²) in [5, 5.41) is 3.43. The second-order valence-corrected chi connectivity index (χ2v) is 7.12. The summed E-state index contributed by atoms with van der Waals surface area (Å²) < 4.78 is 5.87. The standard InChI is InChI=1S/C14H18BrNO/c1-13(15)4-2-11-12(3-5-13)17-10-14(11)6-8-16-9-7-14/h2-5,16H,6-10H2,1H3/t13-/m0/s1. The first-order chi connectivity index (χ1) is 8.11. The molecule has 0 saturated carbocycles. The van der Waals surface area contributed by atoms with Crippen LogP contribution in [0.3, 0.4) is 0 Å². The maximum atomic E-state index is 5.92. The number of halogens is 1. The quantitative estimate of drug-likeness (QED) is 0.694. The molecule has 1 atom stereocenters. The Balaban J connectivity index is 1.97. The van der Waals surface area contributed by atoms with Crippen molar-refractivity contribution in [2.75, 3.05) is 19.7 Å². The topological polar surface area (TPSA) is 21.3 Å². The normalized spacial score (nSPS) is 34.7. The van der Waals surface area contributed by atoms with Gasteiger partial charge in [0.15, 0.2) is 0 Å². The van der Waals surface area contributed by atoms with E-state index in [4.69, 9.17) is 4.74 Å². The van der Waals surface area contributed by atoms with E-state index in [9.17, 15) is 0 Å². The molecule has 1 aliphatic carbocycles. The molecule has 3 rings (SSSR count). The number of piperidine rings is 1.